The number of hydrogen-bond donors (Lipinski definition) is 1. The molecule has 0 aliphatic carbocycles. The number of hydrogen-bond acceptors (Lipinski definition) is 2. The number of unbranched alkanes of at least 4 members (excludes halogenated alkanes) is 1. The molecule has 1 atom stereocenters. The molecule has 1 unspecified atom stereocenters. The Labute approximate surface area is 153 Å². The van der Waals surface area contributed by atoms with Crippen LogP contribution >= 0.6 is 0 Å². The lowest BCUT2D eigenvalue weighted by Crippen LogP contribution is -2.25. The standard InChI is InChI=1S/C22H33NO2/c1-2-3-4-5-6-7-8-9-10-11-12-13-14-15-16-17-18-19-22-23-21(24)20-25-22/h3-4,6-7,9-10,12-13,15-16,22H,2,5,8,11,14,17-20H2,1H3,(H,23,24)/b4-3-,7-6-,10-9-,13-12-,16-15-. The Bertz CT molecular complexity index is 486. The fraction of sp³-hybridized carbons (Fsp3) is 0.500. The average molecular weight is 344 g/mol. The van der Waals surface area contributed by atoms with Gasteiger partial charge in [-0.25, -0.2) is 0 Å². The topological polar surface area (TPSA) is 38.3 Å². The Kier molecular flexibility index (Phi) is 13.3. The molecule has 1 heterocycles. The van der Waals surface area contributed by atoms with Gasteiger partial charge in [-0.2, -0.15) is 0 Å². The molecule has 1 amide bonds. The van der Waals surface area contributed by atoms with Crippen LogP contribution < -0.4 is 5.32 Å². The monoisotopic (exact) mass is 343 g/mol. The molecule has 3 heteroatoms. The molecule has 0 aromatic heterocycles. The molecule has 3 nitrogen and oxygen atoms in total. The molecule has 0 saturated carbocycles. The average Bonchev–Trinajstić information content (AvgIpc) is 3.03. The molecule has 1 fully saturated rings. The van der Waals surface area contributed by atoms with Gasteiger partial charge in [0.25, 0.3) is 0 Å². The van der Waals surface area contributed by atoms with Crippen LogP contribution in [-0.4, -0.2) is 18.7 Å². The maximum atomic E-state index is 11.0. The molecule has 138 valence electrons. The first-order valence-corrected chi connectivity index (χ1v) is 9.49. The van der Waals surface area contributed by atoms with Crippen molar-refractivity contribution in [3.8, 4) is 0 Å². The molecule has 1 rings (SSSR count). The third-order valence-electron chi connectivity index (χ3n) is 3.73. The summed E-state index contributed by atoms with van der Waals surface area (Å²) in [6.45, 7) is 2.37. The molecular weight excluding hydrogens is 310 g/mol. The summed E-state index contributed by atoms with van der Waals surface area (Å²) in [6.07, 6.45) is 30.1. The summed E-state index contributed by atoms with van der Waals surface area (Å²) < 4.78 is 5.28. The van der Waals surface area contributed by atoms with Crippen LogP contribution in [-0.2, 0) is 9.53 Å². The van der Waals surface area contributed by atoms with E-state index >= 15 is 0 Å². The van der Waals surface area contributed by atoms with Gasteiger partial charge in [0, 0.05) is 0 Å². The van der Waals surface area contributed by atoms with E-state index in [1.54, 1.807) is 0 Å². The zero-order valence-electron chi connectivity index (χ0n) is 15.5. The van der Waals surface area contributed by atoms with Crippen LogP contribution in [0.4, 0.5) is 0 Å². The molecular formula is C22H33NO2. The summed E-state index contributed by atoms with van der Waals surface area (Å²) in [6, 6.07) is 0. The number of allylic oxidation sites excluding steroid dienone is 10. The highest BCUT2D eigenvalue weighted by Crippen LogP contribution is 2.07. The van der Waals surface area contributed by atoms with Crippen LogP contribution in [0.3, 0.4) is 0 Å². The Morgan fingerprint density at radius 2 is 1.40 bits per heavy atom. The van der Waals surface area contributed by atoms with Gasteiger partial charge in [-0.05, 0) is 51.4 Å². The predicted octanol–water partition coefficient (Wildman–Crippen LogP) is 5.38. The highest BCUT2D eigenvalue weighted by Gasteiger charge is 2.19. The lowest BCUT2D eigenvalue weighted by molar-refractivity contribution is -0.119. The molecule has 0 bridgehead atoms. The van der Waals surface area contributed by atoms with E-state index in [0.717, 1.165) is 51.4 Å². The predicted molar refractivity (Wildman–Crippen MR) is 106 cm³/mol. The van der Waals surface area contributed by atoms with Crippen LogP contribution in [0.1, 0.15) is 58.3 Å². The first-order chi connectivity index (χ1) is 12.3. The van der Waals surface area contributed by atoms with Gasteiger partial charge in [-0.3, -0.25) is 4.79 Å². The van der Waals surface area contributed by atoms with Crippen molar-refractivity contribution in [2.24, 2.45) is 0 Å². The van der Waals surface area contributed by atoms with Gasteiger partial charge in [0.1, 0.15) is 12.8 Å². The summed E-state index contributed by atoms with van der Waals surface area (Å²) in [5.41, 5.74) is 0. The Balaban J connectivity index is 1.91. The van der Waals surface area contributed by atoms with Crippen molar-refractivity contribution < 1.29 is 9.53 Å². The number of ether oxygens (including phenoxy) is 1. The van der Waals surface area contributed by atoms with Gasteiger partial charge in [-0.15, -0.1) is 0 Å². The SMILES string of the molecule is CC/C=C\C/C=C\C/C=C\C/C=C\C/C=C\CCCC1NC(=O)CO1. The van der Waals surface area contributed by atoms with E-state index in [2.05, 4.69) is 73.0 Å². The second-order valence-electron chi connectivity index (χ2n) is 6.01. The number of nitrogens with one attached hydrogen (secondary N) is 1. The van der Waals surface area contributed by atoms with Crippen LogP contribution in [0, 0.1) is 0 Å². The van der Waals surface area contributed by atoms with Crippen molar-refractivity contribution in [3.63, 3.8) is 0 Å². The smallest absolute Gasteiger partial charge is 0.248 e. The molecule has 0 aromatic rings. The lowest BCUT2D eigenvalue weighted by atomic mass is 10.2. The maximum absolute atomic E-state index is 11.0. The number of carbonyl (C=O) groups is 1. The van der Waals surface area contributed by atoms with E-state index in [4.69, 9.17) is 4.74 Å². The molecule has 0 aromatic carbocycles. The van der Waals surface area contributed by atoms with Gasteiger partial charge in [0.15, 0.2) is 0 Å². The maximum Gasteiger partial charge on any atom is 0.248 e. The Morgan fingerprint density at radius 3 is 1.88 bits per heavy atom. The minimum absolute atomic E-state index is 0.000112. The fourth-order valence-corrected chi connectivity index (χ4v) is 2.38. The molecule has 1 N–H and O–H groups in total. The second-order valence-corrected chi connectivity index (χ2v) is 6.01. The second kappa shape index (κ2) is 15.6. The highest BCUT2D eigenvalue weighted by atomic mass is 16.5. The van der Waals surface area contributed by atoms with Crippen molar-refractivity contribution in [2.45, 2.75) is 64.5 Å². The largest absolute Gasteiger partial charge is 0.349 e. The quantitative estimate of drug-likeness (QED) is 0.360. The normalized spacial score (nSPS) is 18.8. The van der Waals surface area contributed by atoms with Crippen molar-refractivity contribution in [1.82, 2.24) is 5.32 Å². The zero-order chi connectivity index (χ0) is 18.0. The molecule has 0 spiro atoms. The van der Waals surface area contributed by atoms with Gasteiger partial charge in [-0.1, -0.05) is 67.7 Å². The van der Waals surface area contributed by atoms with E-state index in [1.165, 1.54) is 0 Å². The number of amides is 1. The van der Waals surface area contributed by atoms with E-state index in [9.17, 15) is 4.79 Å². The molecule has 0 radical (unpaired) electrons. The summed E-state index contributed by atoms with van der Waals surface area (Å²) in [5.74, 6) is -0.000112. The van der Waals surface area contributed by atoms with Crippen molar-refractivity contribution in [3.05, 3.63) is 60.8 Å². The van der Waals surface area contributed by atoms with Gasteiger partial charge in [0.05, 0.1) is 0 Å². The van der Waals surface area contributed by atoms with Crippen LogP contribution in [0.25, 0.3) is 0 Å². The fourth-order valence-electron chi connectivity index (χ4n) is 2.38. The van der Waals surface area contributed by atoms with Gasteiger partial charge in [0.2, 0.25) is 5.91 Å². The first kappa shape index (κ1) is 21.2. The minimum Gasteiger partial charge on any atom is -0.349 e. The van der Waals surface area contributed by atoms with Gasteiger partial charge >= 0.3 is 0 Å². The first-order valence-electron chi connectivity index (χ1n) is 9.49. The molecule has 1 aliphatic heterocycles. The lowest BCUT2D eigenvalue weighted by Gasteiger charge is -2.07. The van der Waals surface area contributed by atoms with Crippen LogP contribution in [0.2, 0.25) is 0 Å². The van der Waals surface area contributed by atoms with E-state index in [1.807, 2.05) is 0 Å². The van der Waals surface area contributed by atoms with E-state index < -0.39 is 0 Å². The third-order valence-corrected chi connectivity index (χ3v) is 3.73. The van der Waals surface area contributed by atoms with Crippen molar-refractivity contribution >= 4 is 5.91 Å². The Hall–Kier alpha value is -1.87. The van der Waals surface area contributed by atoms with Crippen molar-refractivity contribution in [2.75, 3.05) is 6.61 Å². The number of rotatable bonds is 13. The van der Waals surface area contributed by atoms with Crippen molar-refractivity contribution in [1.29, 1.82) is 0 Å². The summed E-state index contributed by atoms with van der Waals surface area (Å²) in [4.78, 5) is 11.0. The molecule has 25 heavy (non-hydrogen) atoms. The van der Waals surface area contributed by atoms with Crippen LogP contribution in [0.15, 0.2) is 60.8 Å². The van der Waals surface area contributed by atoms with E-state index in [-0.39, 0.29) is 18.7 Å². The Morgan fingerprint density at radius 1 is 0.880 bits per heavy atom. The van der Waals surface area contributed by atoms with E-state index in [0.29, 0.717) is 0 Å². The third kappa shape index (κ3) is 13.1. The zero-order valence-corrected chi connectivity index (χ0v) is 15.5. The molecule has 1 saturated heterocycles. The minimum atomic E-state index is -0.0739. The summed E-state index contributed by atoms with van der Waals surface area (Å²) in [7, 11) is 0. The molecule has 1 aliphatic rings. The highest BCUT2D eigenvalue weighted by molar-refractivity contribution is 5.78. The van der Waals surface area contributed by atoms with Gasteiger partial charge < -0.3 is 10.1 Å². The summed E-state index contributed by atoms with van der Waals surface area (Å²) >= 11 is 0. The van der Waals surface area contributed by atoms with Crippen LogP contribution in [0.5, 0.6) is 0 Å². The summed E-state index contributed by atoms with van der Waals surface area (Å²) in [5, 5.41) is 2.80. The number of carbonyl (C=O) groups excluding carboxylic acids is 1.